The molecule has 0 saturated carbocycles. The Balaban J connectivity index is 2.20. The Morgan fingerprint density at radius 3 is 2.62 bits per heavy atom. The first-order valence-corrected chi connectivity index (χ1v) is 5.27. The van der Waals surface area contributed by atoms with E-state index in [0.717, 1.165) is 18.6 Å². The molecule has 0 bridgehead atoms. The van der Waals surface area contributed by atoms with Gasteiger partial charge in [-0.1, -0.05) is 24.3 Å². The van der Waals surface area contributed by atoms with E-state index in [1.165, 1.54) is 0 Å². The minimum absolute atomic E-state index is 0.377. The standard InChI is InChI=1S/C12H13BO3/c14-13(15)11-8-4-5-9-12(11)16-10-6-2-1-3-7-10/h2,4-9,14-15H,1,3H2. The van der Waals surface area contributed by atoms with Crippen LogP contribution in [0.25, 0.3) is 0 Å². The lowest BCUT2D eigenvalue weighted by Gasteiger charge is -2.12. The first-order valence-electron chi connectivity index (χ1n) is 5.27. The summed E-state index contributed by atoms with van der Waals surface area (Å²) < 4.78 is 5.60. The second kappa shape index (κ2) is 5.01. The lowest BCUT2D eigenvalue weighted by Crippen LogP contribution is -2.31. The Kier molecular flexibility index (Phi) is 3.44. The number of ether oxygens (including phenoxy) is 1. The molecular weight excluding hydrogens is 203 g/mol. The van der Waals surface area contributed by atoms with Gasteiger partial charge in [0.15, 0.2) is 0 Å². The average Bonchev–Trinajstić information content (AvgIpc) is 2.31. The number of benzene rings is 1. The molecule has 0 heterocycles. The van der Waals surface area contributed by atoms with Crippen molar-refractivity contribution < 1.29 is 14.8 Å². The topological polar surface area (TPSA) is 49.7 Å². The van der Waals surface area contributed by atoms with E-state index in [2.05, 4.69) is 0 Å². The molecule has 2 rings (SSSR count). The van der Waals surface area contributed by atoms with Crippen LogP contribution in [0.15, 0.2) is 48.3 Å². The van der Waals surface area contributed by atoms with Gasteiger partial charge in [0.1, 0.15) is 11.5 Å². The minimum atomic E-state index is -1.51. The molecule has 1 aliphatic rings. The molecule has 0 fully saturated rings. The maximum atomic E-state index is 9.17. The largest absolute Gasteiger partial charge is 0.492 e. The Hall–Kier alpha value is -1.52. The van der Waals surface area contributed by atoms with Gasteiger partial charge >= 0.3 is 7.12 Å². The Bertz CT molecular complexity index is 424. The van der Waals surface area contributed by atoms with Crippen LogP contribution >= 0.6 is 0 Å². The Morgan fingerprint density at radius 1 is 1.12 bits per heavy atom. The number of para-hydroxylation sites is 1. The molecular formula is C12H13BO3. The number of allylic oxidation sites excluding steroid dienone is 3. The molecule has 16 heavy (non-hydrogen) atoms. The monoisotopic (exact) mass is 216 g/mol. The molecule has 4 heteroatoms. The summed E-state index contributed by atoms with van der Waals surface area (Å²) >= 11 is 0. The van der Waals surface area contributed by atoms with Crippen LogP contribution in [0, 0.1) is 0 Å². The summed E-state index contributed by atoms with van der Waals surface area (Å²) in [6.45, 7) is 0. The van der Waals surface area contributed by atoms with Crippen molar-refractivity contribution in [2.45, 2.75) is 12.8 Å². The van der Waals surface area contributed by atoms with E-state index in [4.69, 9.17) is 4.74 Å². The van der Waals surface area contributed by atoms with Crippen LogP contribution in [0.1, 0.15) is 12.8 Å². The maximum Gasteiger partial charge on any atom is 0.492 e. The van der Waals surface area contributed by atoms with Crippen molar-refractivity contribution in [2.24, 2.45) is 0 Å². The highest BCUT2D eigenvalue weighted by atomic mass is 16.5. The molecule has 0 aromatic heterocycles. The lowest BCUT2D eigenvalue weighted by molar-refractivity contribution is 0.414. The fourth-order valence-electron chi connectivity index (χ4n) is 1.58. The molecule has 2 N–H and O–H groups in total. The van der Waals surface area contributed by atoms with Gasteiger partial charge < -0.3 is 14.8 Å². The molecule has 0 atom stereocenters. The maximum absolute atomic E-state index is 9.17. The van der Waals surface area contributed by atoms with E-state index in [1.54, 1.807) is 24.3 Å². The van der Waals surface area contributed by atoms with Crippen molar-refractivity contribution in [3.63, 3.8) is 0 Å². The first-order chi connectivity index (χ1) is 7.77. The Labute approximate surface area is 94.8 Å². The van der Waals surface area contributed by atoms with E-state index < -0.39 is 7.12 Å². The quantitative estimate of drug-likeness (QED) is 0.740. The van der Waals surface area contributed by atoms with Gasteiger partial charge in [0.25, 0.3) is 0 Å². The van der Waals surface area contributed by atoms with Gasteiger partial charge in [0.05, 0.1) is 0 Å². The van der Waals surface area contributed by atoms with Gasteiger partial charge in [-0.25, -0.2) is 0 Å². The van der Waals surface area contributed by atoms with Gasteiger partial charge in [-0.05, 0) is 31.1 Å². The van der Waals surface area contributed by atoms with E-state index in [1.807, 2.05) is 18.2 Å². The normalized spacial score (nSPS) is 14.5. The summed E-state index contributed by atoms with van der Waals surface area (Å²) in [5, 5.41) is 18.3. The van der Waals surface area contributed by atoms with Crippen LogP contribution in [0.4, 0.5) is 0 Å². The summed E-state index contributed by atoms with van der Waals surface area (Å²) in [5.41, 5.74) is 0.377. The molecule has 0 unspecified atom stereocenters. The molecule has 0 amide bonds. The molecule has 0 spiro atoms. The number of hydrogen-bond acceptors (Lipinski definition) is 3. The van der Waals surface area contributed by atoms with Gasteiger partial charge in [-0.2, -0.15) is 0 Å². The zero-order valence-corrected chi connectivity index (χ0v) is 8.84. The molecule has 0 aliphatic heterocycles. The highest BCUT2D eigenvalue weighted by molar-refractivity contribution is 6.59. The molecule has 0 saturated heterocycles. The van der Waals surface area contributed by atoms with Crippen LogP contribution in [0.5, 0.6) is 5.75 Å². The number of hydrogen-bond donors (Lipinski definition) is 2. The minimum Gasteiger partial charge on any atom is -0.458 e. The number of rotatable bonds is 3. The summed E-state index contributed by atoms with van der Waals surface area (Å²) in [5.74, 6) is 1.23. The van der Waals surface area contributed by atoms with E-state index in [9.17, 15) is 10.0 Å². The molecule has 82 valence electrons. The smallest absolute Gasteiger partial charge is 0.458 e. The average molecular weight is 216 g/mol. The predicted molar refractivity (Wildman–Crippen MR) is 63.4 cm³/mol. The summed E-state index contributed by atoms with van der Waals surface area (Å²) in [7, 11) is -1.51. The fraction of sp³-hybridized carbons (Fsp3) is 0.167. The van der Waals surface area contributed by atoms with E-state index >= 15 is 0 Å². The highest BCUT2D eigenvalue weighted by Crippen LogP contribution is 2.16. The van der Waals surface area contributed by atoms with Crippen molar-refractivity contribution in [3.8, 4) is 5.75 Å². The van der Waals surface area contributed by atoms with Crippen LogP contribution in [-0.4, -0.2) is 17.2 Å². The fourth-order valence-corrected chi connectivity index (χ4v) is 1.58. The van der Waals surface area contributed by atoms with Crippen molar-refractivity contribution in [1.82, 2.24) is 0 Å². The van der Waals surface area contributed by atoms with Gasteiger partial charge in [0, 0.05) is 5.46 Å². The third-order valence-electron chi connectivity index (χ3n) is 2.39. The molecule has 1 aromatic rings. The lowest BCUT2D eigenvalue weighted by atomic mass is 9.79. The van der Waals surface area contributed by atoms with Gasteiger partial charge in [0.2, 0.25) is 0 Å². The second-order valence-electron chi connectivity index (χ2n) is 3.60. The van der Waals surface area contributed by atoms with Crippen molar-refractivity contribution >= 4 is 12.6 Å². The van der Waals surface area contributed by atoms with Crippen LogP contribution in [0.3, 0.4) is 0 Å². The predicted octanol–water partition coefficient (Wildman–Crippen LogP) is 0.979. The molecule has 0 radical (unpaired) electrons. The molecule has 3 nitrogen and oxygen atoms in total. The van der Waals surface area contributed by atoms with E-state index in [-0.39, 0.29) is 0 Å². The van der Waals surface area contributed by atoms with Gasteiger partial charge in [-0.15, -0.1) is 0 Å². The van der Waals surface area contributed by atoms with Crippen molar-refractivity contribution in [3.05, 3.63) is 48.3 Å². The summed E-state index contributed by atoms with van der Waals surface area (Å²) in [6.07, 6.45) is 7.89. The third kappa shape index (κ3) is 2.54. The Morgan fingerprint density at radius 2 is 1.94 bits per heavy atom. The summed E-state index contributed by atoms with van der Waals surface area (Å²) in [4.78, 5) is 0. The highest BCUT2D eigenvalue weighted by Gasteiger charge is 2.17. The van der Waals surface area contributed by atoms with E-state index in [0.29, 0.717) is 11.2 Å². The van der Waals surface area contributed by atoms with Crippen LogP contribution < -0.4 is 10.2 Å². The van der Waals surface area contributed by atoms with Crippen molar-refractivity contribution in [1.29, 1.82) is 0 Å². The van der Waals surface area contributed by atoms with Crippen LogP contribution in [0.2, 0.25) is 0 Å². The van der Waals surface area contributed by atoms with Crippen molar-refractivity contribution in [2.75, 3.05) is 0 Å². The molecule has 1 aromatic carbocycles. The summed E-state index contributed by atoms with van der Waals surface area (Å²) in [6, 6.07) is 6.90. The molecule has 1 aliphatic carbocycles. The zero-order valence-electron chi connectivity index (χ0n) is 8.84. The van der Waals surface area contributed by atoms with Gasteiger partial charge in [-0.3, -0.25) is 0 Å². The van der Waals surface area contributed by atoms with Crippen LogP contribution in [-0.2, 0) is 0 Å². The SMILES string of the molecule is OB(O)c1ccccc1OC1=CCCC=C1. The first kappa shape index (κ1) is 11.0. The third-order valence-corrected chi connectivity index (χ3v) is 2.39. The second-order valence-corrected chi connectivity index (χ2v) is 3.60. The zero-order chi connectivity index (χ0) is 11.4.